The van der Waals surface area contributed by atoms with Crippen molar-refractivity contribution in [1.82, 2.24) is 5.32 Å². The van der Waals surface area contributed by atoms with Crippen molar-refractivity contribution in [2.45, 2.75) is 31.8 Å². The van der Waals surface area contributed by atoms with Crippen LogP contribution in [0.5, 0.6) is 0 Å². The van der Waals surface area contributed by atoms with Gasteiger partial charge in [0.1, 0.15) is 0 Å². The third-order valence-electron chi connectivity index (χ3n) is 3.43. The second-order valence-electron chi connectivity index (χ2n) is 4.80. The highest BCUT2D eigenvalue weighted by Crippen LogP contribution is 2.26. The number of ether oxygens (including phenoxy) is 1. The van der Waals surface area contributed by atoms with Crippen LogP contribution in [0.15, 0.2) is 24.3 Å². The number of aliphatic hydroxyl groups is 1. The van der Waals surface area contributed by atoms with E-state index in [-0.39, 0.29) is 6.10 Å². The van der Waals surface area contributed by atoms with Gasteiger partial charge in [0.05, 0.1) is 12.7 Å². The molecule has 100 valence electrons. The molecule has 0 radical (unpaired) electrons. The standard InChI is InChI=1S/C15H23NO2/c17-10-5-1-4-9-16-12-15-14-7-3-2-6-13(14)8-11-18-15/h2-3,6-7,15-17H,1,4-5,8-12H2. The number of aliphatic hydroxyl groups excluding tert-OH is 1. The van der Waals surface area contributed by atoms with Gasteiger partial charge in [-0.2, -0.15) is 0 Å². The number of unbranched alkanes of at least 4 members (excludes halogenated alkanes) is 2. The third-order valence-corrected chi connectivity index (χ3v) is 3.43. The van der Waals surface area contributed by atoms with Crippen molar-refractivity contribution in [3.8, 4) is 0 Å². The minimum absolute atomic E-state index is 0.202. The summed E-state index contributed by atoms with van der Waals surface area (Å²) in [6, 6.07) is 8.56. The predicted molar refractivity (Wildman–Crippen MR) is 72.6 cm³/mol. The van der Waals surface area contributed by atoms with Gasteiger partial charge in [-0.1, -0.05) is 24.3 Å². The molecule has 3 heteroatoms. The van der Waals surface area contributed by atoms with Crippen LogP contribution in [-0.4, -0.2) is 31.4 Å². The molecule has 18 heavy (non-hydrogen) atoms. The van der Waals surface area contributed by atoms with Gasteiger partial charge in [-0.15, -0.1) is 0 Å². The molecule has 0 aliphatic carbocycles. The smallest absolute Gasteiger partial charge is 0.0952 e. The van der Waals surface area contributed by atoms with Gasteiger partial charge in [0, 0.05) is 13.2 Å². The summed E-state index contributed by atoms with van der Waals surface area (Å²) in [7, 11) is 0. The van der Waals surface area contributed by atoms with E-state index in [0.29, 0.717) is 6.61 Å². The first kappa shape index (κ1) is 13.5. The molecule has 1 unspecified atom stereocenters. The minimum Gasteiger partial charge on any atom is -0.396 e. The summed E-state index contributed by atoms with van der Waals surface area (Å²) in [4.78, 5) is 0. The average Bonchev–Trinajstić information content (AvgIpc) is 2.43. The number of benzene rings is 1. The van der Waals surface area contributed by atoms with E-state index < -0.39 is 0 Å². The molecule has 0 aromatic heterocycles. The van der Waals surface area contributed by atoms with Crippen LogP contribution in [0.1, 0.15) is 36.5 Å². The second kappa shape index (κ2) is 7.52. The van der Waals surface area contributed by atoms with Gasteiger partial charge in [-0.05, 0) is 43.4 Å². The third kappa shape index (κ3) is 3.80. The minimum atomic E-state index is 0.202. The topological polar surface area (TPSA) is 41.5 Å². The Labute approximate surface area is 109 Å². The van der Waals surface area contributed by atoms with E-state index in [1.54, 1.807) is 0 Å². The quantitative estimate of drug-likeness (QED) is 0.727. The number of hydrogen-bond donors (Lipinski definition) is 2. The van der Waals surface area contributed by atoms with Gasteiger partial charge in [-0.25, -0.2) is 0 Å². The molecule has 2 rings (SSSR count). The van der Waals surface area contributed by atoms with Crippen LogP contribution in [0.2, 0.25) is 0 Å². The molecule has 1 aromatic rings. The van der Waals surface area contributed by atoms with E-state index in [9.17, 15) is 0 Å². The lowest BCUT2D eigenvalue weighted by Crippen LogP contribution is -2.28. The molecule has 0 fully saturated rings. The highest BCUT2D eigenvalue weighted by Gasteiger charge is 2.19. The Morgan fingerprint density at radius 3 is 3.00 bits per heavy atom. The zero-order valence-corrected chi connectivity index (χ0v) is 10.9. The molecule has 0 bridgehead atoms. The molecule has 1 heterocycles. The van der Waals surface area contributed by atoms with E-state index >= 15 is 0 Å². The normalized spacial score (nSPS) is 18.6. The van der Waals surface area contributed by atoms with Crippen molar-refractivity contribution in [2.75, 3.05) is 26.3 Å². The van der Waals surface area contributed by atoms with Crippen LogP contribution in [0.4, 0.5) is 0 Å². The van der Waals surface area contributed by atoms with Crippen molar-refractivity contribution in [3.05, 3.63) is 35.4 Å². The Bertz CT molecular complexity index is 354. The van der Waals surface area contributed by atoms with E-state index in [1.165, 1.54) is 11.1 Å². The fourth-order valence-electron chi connectivity index (χ4n) is 2.42. The van der Waals surface area contributed by atoms with Crippen LogP contribution in [0.3, 0.4) is 0 Å². The van der Waals surface area contributed by atoms with Gasteiger partial charge in [0.15, 0.2) is 0 Å². The van der Waals surface area contributed by atoms with E-state index in [1.807, 2.05) is 0 Å². The fraction of sp³-hybridized carbons (Fsp3) is 0.600. The fourth-order valence-corrected chi connectivity index (χ4v) is 2.42. The highest BCUT2D eigenvalue weighted by atomic mass is 16.5. The SMILES string of the molecule is OCCCCCNCC1OCCc2ccccc21. The summed E-state index contributed by atoms with van der Waals surface area (Å²) in [6.07, 6.45) is 4.35. The molecule has 0 saturated carbocycles. The Hall–Kier alpha value is -0.900. The van der Waals surface area contributed by atoms with Gasteiger partial charge in [0.25, 0.3) is 0 Å². The number of fused-ring (bicyclic) bond motifs is 1. The van der Waals surface area contributed by atoms with E-state index in [2.05, 4.69) is 29.6 Å². The second-order valence-corrected chi connectivity index (χ2v) is 4.80. The van der Waals surface area contributed by atoms with Crippen molar-refractivity contribution in [3.63, 3.8) is 0 Å². The number of hydrogen-bond acceptors (Lipinski definition) is 3. The first-order valence-electron chi connectivity index (χ1n) is 6.93. The molecule has 1 aromatic carbocycles. The molecule has 1 aliphatic heterocycles. The predicted octanol–water partition coefficient (Wildman–Crippen LogP) is 2.05. The lowest BCUT2D eigenvalue weighted by Gasteiger charge is -2.26. The zero-order valence-electron chi connectivity index (χ0n) is 10.9. The summed E-state index contributed by atoms with van der Waals surface area (Å²) in [5, 5.41) is 12.1. The summed E-state index contributed by atoms with van der Waals surface area (Å²) in [5.41, 5.74) is 2.77. The Kier molecular flexibility index (Phi) is 5.65. The van der Waals surface area contributed by atoms with Gasteiger partial charge in [-0.3, -0.25) is 0 Å². The monoisotopic (exact) mass is 249 g/mol. The summed E-state index contributed by atoms with van der Waals surface area (Å²) in [6.45, 7) is 3.02. The van der Waals surface area contributed by atoms with Crippen LogP contribution >= 0.6 is 0 Å². The Morgan fingerprint density at radius 2 is 2.11 bits per heavy atom. The van der Waals surface area contributed by atoms with Gasteiger partial charge < -0.3 is 15.2 Å². The van der Waals surface area contributed by atoms with Gasteiger partial charge in [0.2, 0.25) is 0 Å². The number of rotatable bonds is 7. The first-order chi connectivity index (χ1) is 8.92. The summed E-state index contributed by atoms with van der Waals surface area (Å²) >= 11 is 0. The lowest BCUT2D eigenvalue weighted by molar-refractivity contribution is 0.0426. The molecule has 0 saturated heterocycles. The van der Waals surface area contributed by atoms with E-state index in [4.69, 9.17) is 9.84 Å². The summed E-state index contributed by atoms with van der Waals surface area (Å²) < 4.78 is 5.83. The molecule has 1 atom stereocenters. The number of nitrogens with one attached hydrogen (secondary N) is 1. The average molecular weight is 249 g/mol. The maximum atomic E-state index is 8.70. The summed E-state index contributed by atoms with van der Waals surface area (Å²) in [5.74, 6) is 0. The van der Waals surface area contributed by atoms with Gasteiger partial charge >= 0.3 is 0 Å². The van der Waals surface area contributed by atoms with Crippen molar-refractivity contribution in [2.24, 2.45) is 0 Å². The van der Waals surface area contributed by atoms with Crippen molar-refractivity contribution < 1.29 is 9.84 Å². The zero-order chi connectivity index (χ0) is 12.6. The molecule has 3 nitrogen and oxygen atoms in total. The van der Waals surface area contributed by atoms with Crippen LogP contribution in [0.25, 0.3) is 0 Å². The highest BCUT2D eigenvalue weighted by molar-refractivity contribution is 5.31. The Morgan fingerprint density at radius 1 is 1.22 bits per heavy atom. The van der Waals surface area contributed by atoms with Crippen LogP contribution < -0.4 is 5.32 Å². The molecular formula is C15H23NO2. The molecule has 2 N–H and O–H groups in total. The molecule has 0 amide bonds. The van der Waals surface area contributed by atoms with Crippen molar-refractivity contribution >= 4 is 0 Å². The largest absolute Gasteiger partial charge is 0.396 e. The first-order valence-corrected chi connectivity index (χ1v) is 6.93. The molecule has 1 aliphatic rings. The van der Waals surface area contributed by atoms with Crippen LogP contribution in [0, 0.1) is 0 Å². The molecule has 0 spiro atoms. The lowest BCUT2D eigenvalue weighted by atomic mass is 9.97. The maximum Gasteiger partial charge on any atom is 0.0952 e. The van der Waals surface area contributed by atoms with Crippen LogP contribution in [-0.2, 0) is 11.2 Å². The van der Waals surface area contributed by atoms with E-state index in [0.717, 1.165) is 45.4 Å². The molecular weight excluding hydrogens is 226 g/mol. The Balaban J connectivity index is 1.74. The van der Waals surface area contributed by atoms with Crippen molar-refractivity contribution in [1.29, 1.82) is 0 Å². The maximum absolute atomic E-state index is 8.70.